The molecule has 9 heteroatoms. The lowest BCUT2D eigenvalue weighted by Gasteiger charge is -2.32. The van der Waals surface area contributed by atoms with Gasteiger partial charge in [-0.05, 0) is 18.8 Å². The van der Waals surface area contributed by atoms with Gasteiger partial charge in [-0.1, -0.05) is 0 Å². The average Bonchev–Trinajstić information content (AvgIpc) is 3.07. The van der Waals surface area contributed by atoms with Crippen LogP contribution in [0.5, 0.6) is 5.88 Å². The van der Waals surface area contributed by atoms with Crippen LogP contribution in [0.4, 0.5) is 5.82 Å². The molecule has 0 spiro atoms. The van der Waals surface area contributed by atoms with E-state index in [9.17, 15) is 4.79 Å². The summed E-state index contributed by atoms with van der Waals surface area (Å²) in [6.45, 7) is 2.16. The minimum absolute atomic E-state index is 0.182. The van der Waals surface area contributed by atoms with E-state index >= 15 is 0 Å². The molecule has 2 aromatic rings. The molecule has 3 heterocycles. The number of anilines is 1. The maximum absolute atomic E-state index is 12.3. The summed E-state index contributed by atoms with van der Waals surface area (Å²) < 4.78 is 6.68. The van der Waals surface area contributed by atoms with Gasteiger partial charge in [0.1, 0.15) is 11.6 Å². The molecule has 0 unspecified atom stereocenters. The topological polar surface area (TPSA) is 109 Å². The molecule has 1 aliphatic rings. The second-order valence-corrected chi connectivity index (χ2v) is 6.21. The third-order valence-electron chi connectivity index (χ3n) is 4.48. The van der Waals surface area contributed by atoms with Crippen LogP contribution in [0.3, 0.4) is 0 Å². The predicted octanol–water partition coefficient (Wildman–Crippen LogP) is 0.737. The number of methoxy groups -OCH3 is 1. The van der Waals surface area contributed by atoms with Gasteiger partial charge in [0.15, 0.2) is 11.5 Å². The smallest absolute Gasteiger partial charge is 0.258 e. The number of carbonyl (C=O) groups excluding carboxylic acids is 1. The fourth-order valence-corrected chi connectivity index (χ4v) is 3.10. The molecule has 0 radical (unpaired) electrons. The van der Waals surface area contributed by atoms with E-state index in [-0.39, 0.29) is 5.91 Å². The first-order chi connectivity index (χ1) is 12.6. The minimum atomic E-state index is -0.182. The molecular formula is C17H21N7O2. The standard InChI is InChI=1S/C17H21N7O2/c1-23-11-13(17(22-23)26-2)16(25)21-10-12-3-7-24(8-4-12)15-14(9-18)19-5-6-20-15/h5-6,11-12H,3-4,7-8,10H2,1-2H3,(H,21,25). The van der Waals surface area contributed by atoms with Crippen molar-refractivity contribution >= 4 is 11.7 Å². The molecule has 1 saturated heterocycles. The Morgan fingerprint density at radius 3 is 2.81 bits per heavy atom. The van der Waals surface area contributed by atoms with Gasteiger partial charge < -0.3 is 15.0 Å². The van der Waals surface area contributed by atoms with Crippen molar-refractivity contribution in [3.05, 3.63) is 29.8 Å². The van der Waals surface area contributed by atoms with Crippen molar-refractivity contribution < 1.29 is 9.53 Å². The van der Waals surface area contributed by atoms with Gasteiger partial charge in [-0.15, -0.1) is 5.10 Å². The zero-order valence-electron chi connectivity index (χ0n) is 14.8. The quantitative estimate of drug-likeness (QED) is 0.842. The maximum Gasteiger partial charge on any atom is 0.258 e. The zero-order chi connectivity index (χ0) is 18.5. The highest BCUT2D eigenvalue weighted by Gasteiger charge is 2.24. The first kappa shape index (κ1) is 17.7. The highest BCUT2D eigenvalue weighted by molar-refractivity contribution is 5.96. The highest BCUT2D eigenvalue weighted by atomic mass is 16.5. The summed E-state index contributed by atoms with van der Waals surface area (Å²) in [5, 5.41) is 16.2. The number of nitriles is 1. The number of hydrogen-bond acceptors (Lipinski definition) is 7. The molecule has 2 aromatic heterocycles. The number of rotatable bonds is 5. The Morgan fingerprint density at radius 2 is 2.12 bits per heavy atom. The molecule has 9 nitrogen and oxygen atoms in total. The van der Waals surface area contributed by atoms with Crippen LogP contribution in [-0.4, -0.2) is 52.4 Å². The van der Waals surface area contributed by atoms with Crippen molar-refractivity contribution in [2.75, 3.05) is 31.6 Å². The van der Waals surface area contributed by atoms with E-state index in [0.29, 0.717) is 35.4 Å². The number of hydrogen-bond donors (Lipinski definition) is 1. The van der Waals surface area contributed by atoms with Crippen molar-refractivity contribution in [3.8, 4) is 11.9 Å². The summed E-state index contributed by atoms with van der Waals surface area (Å²) in [7, 11) is 3.24. The van der Waals surface area contributed by atoms with Crippen LogP contribution in [0.2, 0.25) is 0 Å². The van der Waals surface area contributed by atoms with Crippen molar-refractivity contribution in [2.24, 2.45) is 13.0 Å². The molecule has 0 aliphatic carbocycles. The zero-order valence-corrected chi connectivity index (χ0v) is 14.8. The Morgan fingerprint density at radius 1 is 1.38 bits per heavy atom. The second kappa shape index (κ2) is 7.82. The Kier molecular flexibility index (Phi) is 5.31. The molecule has 1 aliphatic heterocycles. The van der Waals surface area contributed by atoms with Crippen LogP contribution in [0.25, 0.3) is 0 Å². The molecule has 26 heavy (non-hydrogen) atoms. The normalized spacial score (nSPS) is 14.7. The van der Waals surface area contributed by atoms with Gasteiger partial charge in [0.25, 0.3) is 5.91 Å². The predicted molar refractivity (Wildman–Crippen MR) is 93.8 cm³/mol. The lowest BCUT2D eigenvalue weighted by molar-refractivity contribution is 0.0942. The average molecular weight is 355 g/mol. The lowest BCUT2D eigenvalue weighted by atomic mass is 9.96. The summed E-state index contributed by atoms with van der Waals surface area (Å²) in [6, 6.07) is 2.08. The van der Waals surface area contributed by atoms with Crippen LogP contribution in [0.1, 0.15) is 28.9 Å². The molecule has 0 saturated carbocycles. The summed E-state index contributed by atoms with van der Waals surface area (Å²) in [5.41, 5.74) is 0.786. The summed E-state index contributed by atoms with van der Waals surface area (Å²) >= 11 is 0. The van der Waals surface area contributed by atoms with Crippen LogP contribution in [0, 0.1) is 17.2 Å². The van der Waals surface area contributed by atoms with Crippen molar-refractivity contribution in [2.45, 2.75) is 12.8 Å². The van der Waals surface area contributed by atoms with Crippen molar-refractivity contribution in [1.82, 2.24) is 25.1 Å². The molecular weight excluding hydrogens is 334 g/mol. The first-order valence-corrected chi connectivity index (χ1v) is 8.44. The lowest BCUT2D eigenvalue weighted by Crippen LogP contribution is -2.39. The molecule has 136 valence electrons. The monoisotopic (exact) mass is 355 g/mol. The van der Waals surface area contributed by atoms with Gasteiger partial charge in [0.2, 0.25) is 5.88 Å². The molecule has 1 fully saturated rings. The van der Waals surface area contributed by atoms with E-state index in [2.05, 4.69) is 31.4 Å². The fourth-order valence-electron chi connectivity index (χ4n) is 3.10. The number of nitrogens with one attached hydrogen (secondary N) is 1. The number of aryl methyl sites for hydroxylation is 1. The molecule has 3 rings (SSSR count). The summed E-state index contributed by atoms with van der Waals surface area (Å²) in [5.74, 6) is 1.15. The van der Waals surface area contributed by atoms with Gasteiger partial charge in [0.05, 0.1) is 7.11 Å². The largest absolute Gasteiger partial charge is 0.479 e. The second-order valence-electron chi connectivity index (χ2n) is 6.21. The fraction of sp³-hybridized carbons (Fsp3) is 0.471. The third kappa shape index (κ3) is 3.74. The highest BCUT2D eigenvalue weighted by Crippen LogP contribution is 2.23. The van der Waals surface area contributed by atoms with E-state index in [4.69, 9.17) is 10.00 Å². The molecule has 0 aromatic carbocycles. The van der Waals surface area contributed by atoms with E-state index in [0.717, 1.165) is 25.9 Å². The first-order valence-electron chi connectivity index (χ1n) is 8.44. The molecule has 0 bridgehead atoms. The Hall–Kier alpha value is -3.15. The van der Waals surface area contributed by atoms with E-state index in [1.165, 1.54) is 13.3 Å². The van der Waals surface area contributed by atoms with E-state index in [1.807, 2.05) is 0 Å². The summed E-state index contributed by atoms with van der Waals surface area (Å²) in [6.07, 6.45) is 6.59. The van der Waals surface area contributed by atoms with Gasteiger partial charge >= 0.3 is 0 Å². The van der Waals surface area contributed by atoms with Crippen LogP contribution >= 0.6 is 0 Å². The molecule has 0 atom stereocenters. The van der Waals surface area contributed by atoms with Crippen LogP contribution in [-0.2, 0) is 7.05 Å². The van der Waals surface area contributed by atoms with E-state index < -0.39 is 0 Å². The van der Waals surface area contributed by atoms with Crippen LogP contribution < -0.4 is 15.0 Å². The Balaban J connectivity index is 1.53. The van der Waals surface area contributed by atoms with Crippen LogP contribution in [0.15, 0.2) is 18.6 Å². The number of piperidine rings is 1. The van der Waals surface area contributed by atoms with Crippen molar-refractivity contribution in [1.29, 1.82) is 5.26 Å². The van der Waals surface area contributed by atoms with Gasteiger partial charge in [-0.25, -0.2) is 9.97 Å². The Labute approximate surface area is 151 Å². The number of nitrogens with zero attached hydrogens (tertiary/aromatic N) is 6. The number of amides is 1. The maximum atomic E-state index is 12.3. The van der Waals surface area contributed by atoms with Gasteiger partial charge in [-0.3, -0.25) is 9.48 Å². The Bertz CT molecular complexity index is 819. The number of carbonyl (C=O) groups is 1. The van der Waals surface area contributed by atoms with Crippen molar-refractivity contribution in [3.63, 3.8) is 0 Å². The minimum Gasteiger partial charge on any atom is -0.479 e. The molecule has 1 N–H and O–H groups in total. The third-order valence-corrected chi connectivity index (χ3v) is 4.48. The van der Waals surface area contributed by atoms with Gasteiger partial charge in [-0.2, -0.15) is 5.26 Å². The SMILES string of the molecule is COc1nn(C)cc1C(=O)NCC1CCN(c2nccnc2C#N)CC1. The number of aromatic nitrogens is 4. The number of ether oxygens (including phenoxy) is 1. The van der Waals surface area contributed by atoms with E-state index in [1.54, 1.807) is 24.1 Å². The molecule has 1 amide bonds. The van der Waals surface area contributed by atoms with Gasteiger partial charge in [0, 0.05) is 45.3 Å². The summed E-state index contributed by atoms with van der Waals surface area (Å²) in [4.78, 5) is 22.8.